The van der Waals surface area contributed by atoms with Crippen molar-refractivity contribution in [3.8, 4) is 0 Å². The van der Waals surface area contributed by atoms with Gasteiger partial charge < -0.3 is 9.80 Å². The van der Waals surface area contributed by atoms with Crippen LogP contribution in [0.1, 0.15) is 50.1 Å². The molecule has 0 radical (unpaired) electrons. The molecule has 0 spiro atoms. The van der Waals surface area contributed by atoms with Crippen LogP contribution < -0.4 is 4.90 Å². The fraction of sp³-hybridized carbons (Fsp3) is 0.550. The quantitative estimate of drug-likeness (QED) is 0.744. The molecule has 1 fully saturated rings. The third kappa shape index (κ3) is 4.81. The van der Waals surface area contributed by atoms with Crippen LogP contribution in [0.4, 0.5) is 5.13 Å². The van der Waals surface area contributed by atoms with E-state index in [9.17, 15) is 4.79 Å². The standard InChI is InChI=1S/C20H28N4OS/c1-15(2)24(13-10-19(25)23-11-4-5-12-23)20-21-18(22-26-20)14-17-8-6-16(3)7-9-17/h6-9,15H,4-5,10-14H2,1-3H3. The minimum atomic E-state index is 0.262. The average molecular weight is 373 g/mol. The maximum absolute atomic E-state index is 12.3. The summed E-state index contributed by atoms with van der Waals surface area (Å²) in [6, 6.07) is 8.79. The van der Waals surface area contributed by atoms with E-state index in [4.69, 9.17) is 4.98 Å². The SMILES string of the molecule is Cc1ccc(Cc2nsc(N(CCC(=O)N3CCCC3)C(C)C)n2)cc1. The van der Waals surface area contributed by atoms with Crippen molar-refractivity contribution >= 4 is 22.6 Å². The molecule has 1 aliphatic rings. The van der Waals surface area contributed by atoms with E-state index in [0.717, 1.165) is 43.3 Å². The number of anilines is 1. The number of carbonyl (C=O) groups is 1. The van der Waals surface area contributed by atoms with Crippen molar-refractivity contribution in [3.05, 3.63) is 41.2 Å². The van der Waals surface area contributed by atoms with Crippen molar-refractivity contribution in [3.63, 3.8) is 0 Å². The second kappa shape index (κ2) is 8.62. The second-order valence-electron chi connectivity index (χ2n) is 7.28. The Morgan fingerprint density at radius 1 is 1.23 bits per heavy atom. The largest absolute Gasteiger partial charge is 0.344 e. The van der Waals surface area contributed by atoms with Crippen LogP contribution in [0.3, 0.4) is 0 Å². The summed E-state index contributed by atoms with van der Waals surface area (Å²) in [4.78, 5) is 21.3. The zero-order valence-corrected chi connectivity index (χ0v) is 16.8. The molecule has 0 bridgehead atoms. The van der Waals surface area contributed by atoms with Gasteiger partial charge in [-0.3, -0.25) is 4.79 Å². The minimum Gasteiger partial charge on any atom is -0.344 e. The molecule has 0 aliphatic carbocycles. The average Bonchev–Trinajstić information content (AvgIpc) is 3.29. The lowest BCUT2D eigenvalue weighted by atomic mass is 10.1. The number of amides is 1. The maximum Gasteiger partial charge on any atom is 0.224 e. The van der Waals surface area contributed by atoms with Crippen LogP contribution in [0.25, 0.3) is 0 Å². The van der Waals surface area contributed by atoms with Crippen molar-refractivity contribution in [1.82, 2.24) is 14.3 Å². The van der Waals surface area contributed by atoms with Crippen molar-refractivity contribution in [2.75, 3.05) is 24.5 Å². The van der Waals surface area contributed by atoms with E-state index in [2.05, 4.69) is 54.3 Å². The summed E-state index contributed by atoms with van der Waals surface area (Å²) < 4.78 is 4.54. The number of aryl methyl sites for hydroxylation is 1. The molecule has 140 valence electrons. The van der Waals surface area contributed by atoms with E-state index in [-0.39, 0.29) is 5.91 Å². The summed E-state index contributed by atoms with van der Waals surface area (Å²) in [5.74, 6) is 1.11. The van der Waals surface area contributed by atoms with E-state index in [1.54, 1.807) is 0 Å². The molecule has 0 saturated carbocycles. The summed E-state index contributed by atoms with van der Waals surface area (Å²) in [6.07, 6.45) is 3.57. The van der Waals surface area contributed by atoms with Crippen LogP contribution >= 0.6 is 11.5 Å². The highest BCUT2D eigenvalue weighted by molar-refractivity contribution is 7.09. The van der Waals surface area contributed by atoms with E-state index in [0.29, 0.717) is 19.0 Å². The first-order chi connectivity index (χ1) is 12.5. The summed E-state index contributed by atoms with van der Waals surface area (Å²) in [7, 11) is 0. The Morgan fingerprint density at radius 3 is 2.58 bits per heavy atom. The first kappa shape index (κ1) is 18.8. The molecule has 6 heteroatoms. The first-order valence-electron chi connectivity index (χ1n) is 9.45. The van der Waals surface area contributed by atoms with E-state index in [1.807, 2.05) is 4.90 Å². The lowest BCUT2D eigenvalue weighted by Crippen LogP contribution is -2.36. The highest BCUT2D eigenvalue weighted by Crippen LogP contribution is 2.22. The first-order valence-corrected chi connectivity index (χ1v) is 10.2. The number of likely N-dealkylation sites (tertiary alicyclic amines) is 1. The molecule has 1 amide bonds. The zero-order chi connectivity index (χ0) is 18.5. The number of rotatable bonds is 7. The van der Waals surface area contributed by atoms with Crippen LogP contribution in [-0.4, -0.2) is 45.8 Å². The molecular formula is C20H28N4OS. The third-order valence-corrected chi connectivity index (χ3v) is 5.63. The maximum atomic E-state index is 12.3. The third-order valence-electron chi connectivity index (χ3n) is 4.83. The van der Waals surface area contributed by atoms with Crippen LogP contribution in [0, 0.1) is 6.92 Å². The monoisotopic (exact) mass is 372 g/mol. The van der Waals surface area contributed by atoms with Gasteiger partial charge in [-0.25, -0.2) is 4.98 Å². The van der Waals surface area contributed by atoms with Gasteiger partial charge >= 0.3 is 0 Å². The van der Waals surface area contributed by atoms with Gasteiger partial charge in [0.2, 0.25) is 11.0 Å². The number of carbonyl (C=O) groups excluding carboxylic acids is 1. The normalized spacial score (nSPS) is 14.2. The van der Waals surface area contributed by atoms with E-state index >= 15 is 0 Å². The molecule has 0 N–H and O–H groups in total. The Morgan fingerprint density at radius 2 is 1.92 bits per heavy atom. The van der Waals surface area contributed by atoms with Crippen molar-refractivity contribution in [1.29, 1.82) is 0 Å². The van der Waals surface area contributed by atoms with Crippen molar-refractivity contribution in [2.45, 2.75) is 52.5 Å². The fourth-order valence-electron chi connectivity index (χ4n) is 3.24. The van der Waals surface area contributed by atoms with Crippen molar-refractivity contribution < 1.29 is 4.79 Å². The molecule has 1 aromatic carbocycles. The fourth-order valence-corrected chi connectivity index (χ4v) is 4.08. The second-order valence-corrected chi connectivity index (χ2v) is 8.01. The molecule has 1 aromatic heterocycles. The van der Waals surface area contributed by atoms with E-state index < -0.39 is 0 Å². The van der Waals surface area contributed by atoms with Crippen LogP contribution in [0.2, 0.25) is 0 Å². The number of hydrogen-bond donors (Lipinski definition) is 0. The molecule has 1 aliphatic heterocycles. The van der Waals surface area contributed by atoms with Gasteiger partial charge in [0.05, 0.1) is 0 Å². The van der Waals surface area contributed by atoms with Gasteiger partial charge in [-0.05, 0) is 39.2 Å². The molecular weight excluding hydrogens is 344 g/mol. The van der Waals surface area contributed by atoms with Crippen LogP contribution in [0.15, 0.2) is 24.3 Å². The lowest BCUT2D eigenvalue weighted by molar-refractivity contribution is -0.129. The van der Waals surface area contributed by atoms with Gasteiger partial charge in [-0.1, -0.05) is 29.8 Å². The minimum absolute atomic E-state index is 0.262. The summed E-state index contributed by atoms with van der Waals surface area (Å²) in [5, 5.41) is 0.913. The van der Waals surface area contributed by atoms with Crippen molar-refractivity contribution in [2.24, 2.45) is 0 Å². The molecule has 2 heterocycles. The molecule has 0 unspecified atom stereocenters. The van der Waals surface area contributed by atoms with Gasteiger partial charge in [0.15, 0.2) is 0 Å². The Hall–Kier alpha value is -1.95. The highest BCUT2D eigenvalue weighted by Gasteiger charge is 2.21. The van der Waals surface area contributed by atoms with E-state index in [1.165, 1.54) is 22.7 Å². The topological polar surface area (TPSA) is 49.3 Å². The Bertz CT molecular complexity index is 720. The van der Waals surface area contributed by atoms with Gasteiger partial charge in [-0.15, -0.1) is 0 Å². The Labute approximate surface area is 160 Å². The van der Waals surface area contributed by atoms with Gasteiger partial charge in [-0.2, -0.15) is 4.37 Å². The predicted molar refractivity (Wildman–Crippen MR) is 107 cm³/mol. The van der Waals surface area contributed by atoms with Gasteiger partial charge in [0.1, 0.15) is 5.82 Å². The molecule has 2 aromatic rings. The van der Waals surface area contributed by atoms with Gasteiger partial charge in [0, 0.05) is 50.1 Å². The molecule has 1 saturated heterocycles. The zero-order valence-electron chi connectivity index (χ0n) is 15.9. The smallest absolute Gasteiger partial charge is 0.224 e. The highest BCUT2D eigenvalue weighted by atomic mass is 32.1. The van der Waals surface area contributed by atoms with Gasteiger partial charge in [0.25, 0.3) is 0 Å². The van der Waals surface area contributed by atoms with Crippen LogP contribution in [0.5, 0.6) is 0 Å². The number of nitrogens with zero attached hydrogens (tertiary/aromatic N) is 4. The van der Waals surface area contributed by atoms with Crippen LogP contribution in [-0.2, 0) is 11.2 Å². The Kier molecular flexibility index (Phi) is 6.25. The summed E-state index contributed by atoms with van der Waals surface area (Å²) >= 11 is 1.43. The molecule has 0 atom stereocenters. The number of benzene rings is 1. The number of aromatic nitrogens is 2. The summed E-state index contributed by atoms with van der Waals surface area (Å²) in [5.41, 5.74) is 2.48. The summed E-state index contributed by atoms with van der Waals surface area (Å²) in [6.45, 7) is 8.90. The lowest BCUT2D eigenvalue weighted by Gasteiger charge is -2.26. The number of hydrogen-bond acceptors (Lipinski definition) is 5. The molecule has 26 heavy (non-hydrogen) atoms. The molecule has 3 rings (SSSR count). The predicted octanol–water partition coefficient (Wildman–Crippen LogP) is 3.66. The molecule has 5 nitrogen and oxygen atoms in total. The Balaban J connectivity index is 1.61.